The Morgan fingerprint density at radius 3 is 2.65 bits per heavy atom. The first-order valence-electron chi connectivity index (χ1n) is 12.9. The molecule has 6 heteroatoms. The van der Waals surface area contributed by atoms with Gasteiger partial charge in [-0.2, -0.15) is 0 Å². The molecular formula is C31H35N3OS2. The summed E-state index contributed by atoms with van der Waals surface area (Å²) in [6, 6.07) is 12.2. The van der Waals surface area contributed by atoms with Crippen LogP contribution in [-0.2, 0) is 6.42 Å². The number of fused-ring (bicyclic) bond motifs is 2. The van der Waals surface area contributed by atoms with Gasteiger partial charge in [0.25, 0.3) is 5.91 Å². The van der Waals surface area contributed by atoms with Gasteiger partial charge < -0.3 is 10.2 Å². The van der Waals surface area contributed by atoms with Crippen molar-refractivity contribution in [2.75, 3.05) is 32.0 Å². The molecule has 1 amide bonds. The Morgan fingerprint density at radius 2 is 1.92 bits per heavy atom. The van der Waals surface area contributed by atoms with Gasteiger partial charge in [-0.15, -0.1) is 31.8 Å². The summed E-state index contributed by atoms with van der Waals surface area (Å²) >= 11 is 9.91. The van der Waals surface area contributed by atoms with Gasteiger partial charge >= 0.3 is 0 Å². The smallest absolute Gasteiger partial charge is 0.254 e. The Balaban J connectivity index is 1.94. The maximum atomic E-state index is 13.7. The SMILES string of the molecule is C=CCCCN(C)C(=O)c1ccccc1C1=C2C=CC(=NCC)C(S)=C2Cc2c1ccc(NCC)c2S. The van der Waals surface area contributed by atoms with Crippen molar-refractivity contribution >= 4 is 48.1 Å². The minimum Gasteiger partial charge on any atom is -0.384 e. The molecule has 2 aromatic rings. The first-order chi connectivity index (χ1) is 17.9. The predicted molar refractivity (Wildman–Crippen MR) is 164 cm³/mol. The van der Waals surface area contributed by atoms with Gasteiger partial charge in [-0.25, -0.2) is 0 Å². The van der Waals surface area contributed by atoms with E-state index in [9.17, 15) is 4.79 Å². The highest BCUT2D eigenvalue weighted by molar-refractivity contribution is 7.85. The van der Waals surface area contributed by atoms with E-state index in [2.05, 4.69) is 48.1 Å². The molecule has 2 aliphatic rings. The van der Waals surface area contributed by atoms with Crippen LogP contribution in [0.25, 0.3) is 5.57 Å². The normalized spacial score (nSPS) is 15.5. The second-order valence-corrected chi connectivity index (χ2v) is 10.1. The minimum atomic E-state index is 0.0138. The molecule has 0 saturated carbocycles. The number of amides is 1. The van der Waals surface area contributed by atoms with Gasteiger partial charge in [0.1, 0.15) is 0 Å². The van der Waals surface area contributed by atoms with Crippen LogP contribution in [0.5, 0.6) is 0 Å². The highest BCUT2D eigenvalue weighted by Gasteiger charge is 2.31. The fourth-order valence-electron chi connectivity index (χ4n) is 5.00. The predicted octanol–water partition coefficient (Wildman–Crippen LogP) is 7.02. The van der Waals surface area contributed by atoms with E-state index in [-0.39, 0.29) is 5.91 Å². The molecule has 2 aliphatic carbocycles. The lowest BCUT2D eigenvalue weighted by Gasteiger charge is -2.31. The molecule has 0 atom stereocenters. The number of allylic oxidation sites excluding steroid dienone is 6. The summed E-state index contributed by atoms with van der Waals surface area (Å²) in [4.78, 5) is 21.9. The minimum absolute atomic E-state index is 0.0138. The summed E-state index contributed by atoms with van der Waals surface area (Å²) in [7, 11) is 1.87. The molecule has 0 fully saturated rings. The van der Waals surface area contributed by atoms with Gasteiger partial charge in [-0.3, -0.25) is 9.79 Å². The standard InChI is InChI=1S/C31H35N3OS2/c1-5-8-11-18-34(4)31(35)23-13-10-9-12-20(23)28-21-14-16-26(32-6-2)29(36)24(21)19-25-22(28)15-17-27(30(25)37)33-7-3/h5,9-10,12-17,32,36-37H,1,6-8,11,18-19H2,2-4H3. The largest absolute Gasteiger partial charge is 0.384 e. The van der Waals surface area contributed by atoms with E-state index in [1.807, 2.05) is 44.3 Å². The van der Waals surface area contributed by atoms with E-state index < -0.39 is 0 Å². The Kier molecular flexibility index (Phi) is 8.83. The molecule has 0 aliphatic heterocycles. The number of benzene rings is 2. The number of carbonyl (C=O) groups is 1. The van der Waals surface area contributed by atoms with Crippen molar-refractivity contribution in [3.63, 3.8) is 0 Å². The number of aliphatic imine (C=N–C) groups is 1. The maximum absolute atomic E-state index is 13.7. The second kappa shape index (κ2) is 12.1. The van der Waals surface area contributed by atoms with Crippen molar-refractivity contribution in [3.05, 3.63) is 99.5 Å². The highest BCUT2D eigenvalue weighted by atomic mass is 32.1. The summed E-state index contributed by atoms with van der Waals surface area (Å²) in [5, 5.41) is 3.43. The van der Waals surface area contributed by atoms with Gasteiger partial charge in [0.05, 0.1) is 5.71 Å². The van der Waals surface area contributed by atoms with Crippen molar-refractivity contribution in [2.24, 2.45) is 4.99 Å². The van der Waals surface area contributed by atoms with Crippen LogP contribution < -0.4 is 5.32 Å². The lowest BCUT2D eigenvalue weighted by atomic mass is 9.76. The molecule has 37 heavy (non-hydrogen) atoms. The third-order valence-electron chi connectivity index (χ3n) is 6.81. The molecule has 0 unspecified atom stereocenters. The number of thiol groups is 2. The average Bonchev–Trinajstić information content (AvgIpc) is 2.91. The van der Waals surface area contributed by atoms with Crippen LogP contribution in [-0.4, -0.2) is 43.2 Å². The fourth-order valence-corrected chi connectivity index (χ4v) is 5.70. The molecule has 4 nitrogen and oxygen atoms in total. The summed E-state index contributed by atoms with van der Waals surface area (Å²) in [5.74, 6) is 0.0138. The van der Waals surface area contributed by atoms with Gasteiger partial charge in [-0.05, 0) is 78.3 Å². The van der Waals surface area contributed by atoms with E-state index in [1.54, 1.807) is 4.90 Å². The van der Waals surface area contributed by atoms with Gasteiger partial charge in [0.2, 0.25) is 0 Å². The molecule has 0 spiro atoms. The van der Waals surface area contributed by atoms with Crippen molar-refractivity contribution in [3.8, 4) is 0 Å². The zero-order valence-corrected chi connectivity index (χ0v) is 23.6. The lowest BCUT2D eigenvalue weighted by Crippen LogP contribution is -2.29. The van der Waals surface area contributed by atoms with E-state index in [0.29, 0.717) is 25.1 Å². The van der Waals surface area contributed by atoms with E-state index in [0.717, 1.165) is 74.0 Å². The Bertz CT molecular complexity index is 1350. The average molecular weight is 530 g/mol. The number of hydrogen-bond donors (Lipinski definition) is 3. The van der Waals surface area contributed by atoms with E-state index in [1.165, 1.54) is 0 Å². The summed E-state index contributed by atoms with van der Waals surface area (Å²) in [5.41, 5.74) is 8.99. The van der Waals surface area contributed by atoms with Crippen molar-refractivity contribution in [1.29, 1.82) is 0 Å². The van der Waals surface area contributed by atoms with Crippen LogP contribution in [0.2, 0.25) is 0 Å². The van der Waals surface area contributed by atoms with Crippen LogP contribution in [0.1, 0.15) is 53.7 Å². The van der Waals surface area contributed by atoms with Crippen LogP contribution in [0.4, 0.5) is 5.69 Å². The maximum Gasteiger partial charge on any atom is 0.254 e. The van der Waals surface area contributed by atoms with Gasteiger partial charge in [0.15, 0.2) is 0 Å². The highest BCUT2D eigenvalue weighted by Crippen LogP contribution is 2.46. The lowest BCUT2D eigenvalue weighted by molar-refractivity contribution is 0.0793. The summed E-state index contributed by atoms with van der Waals surface area (Å²) in [6.07, 6.45) is 8.53. The van der Waals surface area contributed by atoms with E-state index >= 15 is 0 Å². The van der Waals surface area contributed by atoms with E-state index in [4.69, 9.17) is 25.3 Å². The van der Waals surface area contributed by atoms with Crippen molar-refractivity contribution in [1.82, 2.24) is 4.90 Å². The third-order valence-corrected chi connectivity index (χ3v) is 7.82. The van der Waals surface area contributed by atoms with Crippen molar-refractivity contribution in [2.45, 2.75) is 38.0 Å². The number of unbranched alkanes of at least 4 members (excludes halogenated alkanes) is 1. The molecule has 0 aromatic heterocycles. The fraction of sp³-hybridized carbons (Fsp3) is 0.290. The van der Waals surface area contributed by atoms with Crippen LogP contribution in [0.3, 0.4) is 0 Å². The zero-order valence-electron chi connectivity index (χ0n) is 21.8. The Morgan fingerprint density at radius 1 is 1.14 bits per heavy atom. The van der Waals surface area contributed by atoms with Crippen LogP contribution >= 0.6 is 25.3 Å². The van der Waals surface area contributed by atoms with Gasteiger partial charge in [-0.1, -0.05) is 36.4 Å². The number of anilines is 1. The third kappa shape index (κ3) is 5.36. The second-order valence-electron chi connectivity index (χ2n) is 9.21. The zero-order chi connectivity index (χ0) is 26.5. The van der Waals surface area contributed by atoms with Gasteiger partial charge in [0, 0.05) is 54.2 Å². The first kappa shape index (κ1) is 27.1. The molecule has 4 rings (SSSR count). The number of rotatable bonds is 9. The molecule has 0 saturated heterocycles. The quantitative estimate of drug-likeness (QED) is 0.186. The number of nitrogens with zero attached hydrogens (tertiary/aromatic N) is 2. The molecule has 0 heterocycles. The number of carbonyl (C=O) groups excluding carboxylic acids is 1. The van der Waals surface area contributed by atoms with Crippen molar-refractivity contribution < 1.29 is 4.79 Å². The Labute approximate surface area is 231 Å². The number of hydrogen-bond acceptors (Lipinski definition) is 5. The summed E-state index contributed by atoms with van der Waals surface area (Å²) < 4.78 is 0. The first-order valence-corrected chi connectivity index (χ1v) is 13.8. The summed E-state index contributed by atoms with van der Waals surface area (Å²) in [6.45, 7) is 10.1. The van der Waals surface area contributed by atoms with Crippen LogP contribution in [0.15, 0.2) is 87.1 Å². The Hall–Kier alpha value is -2.96. The molecule has 2 aromatic carbocycles. The monoisotopic (exact) mass is 529 g/mol. The topological polar surface area (TPSA) is 44.7 Å². The molecule has 0 radical (unpaired) electrons. The molecule has 192 valence electrons. The molecule has 0 bridgehead atoms. The molecule has 1 N–H and O–H groups in total. The number of nitrogens with one attached hydrogen (secondary N) is 1. The molecular weight excluding hydrogens is 494 g/mol. The van der Waals surface area contributed by atoms with Crippen LogP contribution in [0, 0.1) is 0 Å².